The van der Waals surface area contributed by atoms with Gasteiger partial charge in [0.15, 0.2) is 0 Å². The highest BCUT2D eigenvalue weighted by atomic mass is 16.3. The SMILES string of the molecule is O=C(NC[C@@H](O)C1CC1)N[C@H]1CCN(CC2CCCC2)C1. The van der Waals surface area contributed by atoms with Crippen molar-refractivity contribution in [2.45, 2.75) is 57.1 Å². The van der Waals surface area contributed by atoms with Gasteiger partial charge in [0.25, 0.3) is 0 Å². The van der Waals surface area contributed by atoms with Crippen LogP contribution in [-0.4, -0.2) is 54.4 Å². The zero-order valence-corrected chi connectivity index (χ0v) is 12.9. The van der Waals surface area contributed by atoms with Crippen molar-refractivity contribution in [1.29, 1.82) is 0 Å². The van der Waals surface area contributed by atoms with Crippen LogP contribution < -0.4 is 10.6 Å². The molecule has 2 saturated carbocycles. The molecular formula is C16H29N3O2. The molecule has 0 radical (unpaired) electrons. The number of rotatable bonds is 6. The van der Waals surface area contributed by atoms with Crippen LogP contribution in [0.4, 0.5) is 4.79 Å². The van der Waals surface area contributed by atoms with E-state index in [9.17, 15) is 9.90 Å². The fourth-order valence-electron chi connectivity index (χ4n) is 3.76. The Morgan fingerprint density at radius 1 is 1.19 bits per heavy atom. The maximum absolute atomic E-state index is 11.8. The molecule has 1 heterocycles. The van der Waals surface area contributed by atoms with Gasteiger partial charge < -0.3 is 20.6 Å². The second-order valence-electron chi connectivity index (χ2n) is 7.15. The fourth-order valence-corrected chi connectivity index (χ4v) is 3.76. The summed E-state index contributed by atoms with van der Waals surface area (Å²) in [5, 5.41) is 15.6. The minimum absolute atomic E-state index is 0.123. The molecule has 2 aliphatic carbocycles. The number of urea groups is 1. The third-order valence-electron chi connectivity index (χ3n) is 5.24. The summed E-state index contributed by atoms with van der Waals surface area (Å²) < 4.78 is 0. The summed E-state index contributed by atoms with van der Waals surface area (Å²) in [6.45, 7) is 3.68. The molecule has 5 heteroatoms. The van der Waals surface area contributed by atoms with Crippen LogP contribution in [0, 0.1) is 11.8 Å². The van der Waals surface area contributed by atoms with Crippen LogP contribution in [0.5, 0.6) is 0 Å². The van der Waals surface area contributed by atoms with Gasteiger partial charge in [0, 0.05) is 32.2 Å². The third-order valence-corrected chi connectivity index (χ3v) is 5.24. The monoisotopic (exact) mass is 295 g/mol. The topological polar surface area (TPSA) is 64.6 Å². The van der Waals surface area contributed by atoms with Gasteiger partial charge in [-0.15, -0.1) is 0 Å². The highest BCUT2D eigenvalue weighted by Crippen LogP contribution is 2.32. The van der Waals surface area contributed by atoms with Crippen molar-refractivity contribution in [1.82, 2.24) is 15.5 Å². The van der Waals surface area contributed by atoms with E-state index in [0.717, 1.165) is 38.3 Å². The first kappa shape index (κ1) is 15.1. The Bertz CT molecular complexity index is 353. The summed E-state index contributed by atoms with van der Waals surface area (Å²) in [6.07, 6.45) is 8.44. The van der Waals surface area contributed by atoms with Crippen molar-refractivity contribution >= 4 is 6.03 Å². The highest BCUT2D eigenvalue weighted by Gasteiger charge is 2.30. The Labute approximate surface area is 127 Å². The molecule has 0 aromatic heterocycles. The summed E-state index contributed by atoms with van der Waals surface area (Å²) in [5.41, 5.74) is 0. The molecule has 120 valence electrons. The number of carbonyl (C=O) groups excluding carboxylic acids is 1. The molecule has 0 bridgehead atoms. The van der Waals surface area contributed by atoms with E-state index in [4.69, 9.17) is 0 Å². The molecule has 0 aromatic carbocycles. The second-order valence-corrected chi connectivity index (χ2v) is 7.15. The molecule has 1 saturated heterocycles. The van der Waals surface area contributed by atoms with E-state index in [1.807, 2.05) is 0 Å². The van der Waals surface area contributed by atoms with Crippen LogP contribution in [-0.2, 0) is 0 Å². The highest BCUT2D eigenvalue weighted by molar-refractivity contribution is 5.74. The standard InChI is InChI=1S/C16H29N3O2/c20-15(13-5-6-13)9-17-16(21)18-14-7-8-19(11-14)10-12-3-1-2-4-12/h12-15,20H,1-11H2,(H2,17,18,21)/t14-,15+/m0/s1. The van der Waals surface area contributed by atoms with Gasteiger partial charge in [-0.2, -0.15) is 0 Å². The van der Waals surface area contributed by atoms with Crippen molar-refractivity contribution in [2.24, 2.45) is 11.8 Å². The first-order chi connectivity index (χ1) is 10.2. The lowest BCUT2D eigenvalue weighted by Crippen LogP contribution is -2.45. The molecule has 2 atom stereocenters. The Morgan fingerprint density at radius 2 is 1.95 bits per heavy atom. The van der Waals surface area contributed by atoms with Gasteiger partial charge in [-0.3, -0.25) is 0 Å². The minimum Gasteiger partial charge on any atom is -0.391 e. The molecule has 3 N–H and O–H groups in total. The Balaban J connectivity index is 1.30. The zero-order chi connectivity index (χ0) is 14.7. The molecule has 1 aliphatic heterocycles. The number of nitrogens with zero attached hydrogens (tertiary/aromatic N) is 1. The predicted molar refractivity (Wildman–Crippen MR) is 82.1 cm³/mol. The van der Waals surface area contributed by atoms with E-state index in [-0.39, 0.29) is 18.2 Å². The van der Waals surface area contributed by atoms with E-state index in [1.165, 1.54) is 32.2 Å². The summed E-state index contributed by atoms with van der Waals surface area (Å²) in [5.74, 6) is 1.30. The first-order valence-corrected chi connectivity index (χ1v) is 8.65. The van der Waals surface area contributed by atoms with Gasteiger partial charge in [-0.25, -0.2) is 4.79 Å². The average molecular weight is 295 g/mol. The molecule has 21 heavy (non-hydrogen) atoms. The van der Waals surface area contributed by atoms with Crippen LogP contribution in [0.15, 0.2) is 0 Å². The fraction of sp³-hybridized carbons (Fsp3) is 0.938. The molecule has 3 aliphatic rings. The lowest BCUT2D eigenvalue weighted by molar-refractivity contribution is 0.148. The number of hydrogen-bond acceptors (Lipinski definition) is 3. The zero-order valence-electron chi connectivity index (χ0n) is 12.9. The maximum Gasteiger partial charge on any atom is 0.315 e. The molecule has 3 fully saturated rings. The number of amides is 2. The van der Waals surface area contributed by atoms with Crippen LogP contribution in [0.25, 0.3) is 0 Å². The van der Waals surface area contributed by atoms with Gasteiger partial charge in [0.05, 0.1) is 6.10 Å². The van der Waals surface area contributed by atoms with Gasteiger partial charge in [0.1, 0.15) is 0 Å². The van der Waals surface area contributed by atoms with Crippen LogP contribution in [0.3, 0.4) is 0 Å². The summed E-state index contributed by atoms with van der Waals surface area (Å²) in [4.78, 5) is 14.3. The maximum atomic E-state index is 11.8. The second kappa shape index (κ2) is 6.97. The Morgan fingerprint density at radius 3 is 2.67 bits per heavy atom. The van der Waals surface area contributed by atoms with E-state index in [1.54, 1.807) is 0 Å². The molecule has 0 spiro atoms. The van der Waals surface area contributed by atoms with E-state index < -0.39 is 0 Å². The lowest BCUT2D eigenvalue weighted by Gasteiger charge is -2.20. The average Bonchev–Trinajstić information content (AvgIpc) is 3.04. The van der Waals surface area contributed by atoms with Crippen LogP contribution in [0.1, 0.15) is 44.9 Å². The van der Waals surface area contributed by atoms with Crippen LogP contribution >= 0.6 is 0 Å². The Kier molecular flexibility index (Phi) is 5.01. The number of likely N-dealkylation sites (tertiary alicyclic amines) is 1. The first-order valence-electron chi connectivity index (χ1n) is 8.65. The summed E-state index contributed by atoms with van der Waals surface area (Å²) in [6, 6.07) is 0.145. The van der Waals surface area contributed by atoms with Crippen molar-refractivity contribution in [2.75, 3.05) is 26.2 Å². The number of aliphatic hydroxyl groups is 1. The number of aliphatic hydroxyl groups excluding tert-OH is 1. The van der Waals surface area contributed by atoms with Gasteiger partial charge in [-0.05, 0) is 43.9 Å². The van der Waals surface area contributed by atoms with Crippen molar-refractivity contribution in [3.63, 3.8) is 0 Å². The van der Waals surface area contributed by atoms with Crippen LogP contribution in [0.2, 0.25) is 0 Å². The molecule has 0 unspecified atom stereocenters. The van der Waals surface area contributed by atoms with Crippen molar-refractivity contribution < 1.29 is 9.90 Å². The summed E-state index contributed by atoms with van der Waals surface area (Å²) in [7, 11) is 0. The Hall–Kier alpha value is -0.810. The molecule has 0 aromatic rings. The smallest absolute Gasteiger partial charge is 0.315 e. The van der Waals surface area contributed by atoms with Gasteiger partial charge >= 0.3 is 6.03 Å². The number of nitrogens with one attached hydrogen (secondary N) is 2. The third kappa shape index (κ3) is 4.58. The molecule has 3 rings (SSSR count). The molecular weight excluding hydrogens is 266 g/mol. The van der Waals surface area contributed by atoms with Crippen molar-refractivity contribution in [3.8, 4) is 0 Å². The molecule has 2 amide bonds. The van der Waals surface area contributed by atoms with Gasteiger partial charge in [0.2, 0.25) is 0 Å². The number of carbonyl (C=O) groups is 1. The van der Waals surface area contributed by atoms with E-state index in [2.05, 4.69) is 15.5 Å². The van der Waals surface area contributed by atoms with Crippen molar-refractivity contribution in [3.05, 3.63) is 0 Å². The van der Waals surface area contributed by atoms with Gasteiger partial charge in [-0.1, -0.05) is 12.8 Å². The number of hydrogen-bond donors (Lipinski definition) is 3. The normalized spacial score (nSPS) is 28.7. The minimum atomic E-state index is -0.363. The quantitative estimate of drug-likeness (QED) is 0.692. The lowest BCUT2D eigenvalue weighted by atomic mass is 10.1. The van der Waals surface area contributed by atoms with E-state index in [0.29, 0.717) is 12.5 Å². The predicted octanol–water partition coefficient (Wildman–Crippen LogP) is 1.32. The van der Waals surface area contributed by atoms with E-state index >= 15 is 0 Å². The summed E-state index contributed by atoms with van der Waals surface area (Å²) >= 11 is 0. The largest absolute Gasteiger partial charge is 0.391 e. The molecule has 5 nitrogen and oxygen atoms in total.